The smallest absolute Gasteiger partial charge is 0.243 e. The molecular formula is C14H20N4O. The van der Waals surface area contributed by atoms with Crippen LogP contribution in [-0.2, 0) is 0 Å². The summed E-state index contributed by atoms with van der Waals surface area (Å²) in [6.07, 6.45) is 6.91. The van der Waals surface area contributed by atoms with Crippen LogP contribution in [0.2, 0.25) is 0 Å². The van der Waals surface area contributed by atoms with E-state index in [0.29, 0.717) is 5.95 Å². The molecule has 1 fully saturated rings. The van der Waals surface area contributed by atoms with Gasteiger partial charge in [0.05, 0.1) is 12.1 Å². The molecule has 1 saturated carbocycles. The summed E-state index contributed by atoms with van der Waals surface area (Å²) >= 11 is 0. The van der Waals surface area contributed by atoms with Crippen molar-refractivity contribution in [2.45, 2.75) is 51.2 Å². The topological polar surface area (TPSA) is 62.5 Å². The van der Waals surface area contributed by atoms with Crippen LogP contribution < -0.4 is 5.32 Å². The van der Waals surface area contributed by atoms with Crippen molar-refractivity contribution in [2.24, 2.45) is 0 Å². The summed E-state index contributed by atoms with van der Waals surface area (Å²) < 4.78 is 1.78. The summed E-state index contributed by atoms with van der Waals surface area (Å²) in [6.45, 7) is 2.02. The van der Waals surface area contributed by atoms with E-state index in [-0.39, 0.29) is 12.1 Å². The maximum Gasteiger partial charge on any atom is 0.243 e. The number of aliphatic hydroxyl groups is 1. The van der Waals surface area contributed by atoms with Gasteiger partial charge in [-0.1, -0.05) is 25.3 Å². The van der Waals surface area contributed by atoms with Crippen molar-refractivity contribution in [3.63, 3.8) is 0 Å². The third kappa shape index (κ3) is 2.56. The number of nitrogens with one attached hydrogen (secondary N) is 1. The van der Waals surface area contributed by atoms with Crippen LogP contribution in [0, 0.1) is 6.92 Å². The first-order valence-electron chi connectivity index (χ1n) is 7.00. The lowest BCUT2D eigenvalue weighted by Crippen LogP contribution is -2.32. The Morgan fingerprint density at radius 3 is 3.00 bits per heavy atom. The first kappa shape index (κ1) is 12.4. The number of hydrogen-bond donors (Lipinski definition) is 2. The van der Waals surface area contributed by atoms with E-state index in [4.69, 9.17) is 0 Å². The van der Waals surface area contributed by atoms with Gasteiger partial charge in [0.25, 0.3) is 0 Å². The molecule has 0 bridgehead atoms. The summed E-state index contributed by atoms with van der Waals surface area (Å²) in [5.41, 5.74) is 1.97. The largest absolute Gasteiger partial charge is 0.391 e. The van der Waals surface area contributed by atoms with Crippen LogP contribution in [0.3, 0.4) is 0 Å². The van der Waals surface area contributed by atoms with Gasteiger partial charge in [0.15, 0.2) is 5.65 Å². The van der Waals surface area contributed by atoms with Gasteiger partial charge in [0.2, 0.25) is 5.95 Å². The van der Waals surface area contributed by atoms with E-state index in [1.54, 1.807) is 4.52 Å². The molecule has 1 aliphatic carbocycles. The van der Waals surface area contributed by atoms with E-state index < -0.39 is 0 Å². The number of aromatic nitrogens is 3. The number of aryl methyl sites for hydroxylation is 1. The number of aliphatic hydroxyl groups excluding tert-OH is 1. The van der Waals surface area contributed by atoms with Gasteiger partial charge in [-0.2, -0.15) is 4.98 Å². The number of hydrogen-bond acceptors (Lipinski definition) is 4. The van der Waals surface area contributed by atoms with Crippen molar-refractivity contribution in [3.05, 3.63) is 23.9 Å². The van der Waals surface area contributed by atoms with Crippen molar-refractivity contribution in [1.29, 1.82) is 0 Å². The highest BCUT2D eigenvalue weighted by Gasteiger charge is 2.22. The minimum atomic E-state index is -0.296. The van der Waals surface area contributed by atoms with Crippen LogP contribution in [0.25, 0.3) is 5.65 Å². The maximum atomic E-state index is 10.1. The molecule has 5 heteroatoms. The predicted molar refractivity (Wildman–Crippen MR) is 74.2 cm³/mol. The molecule has 0 aliphatic heterocycles. The minimum Gasteiger partial charge on any atom is -0.391 e. The number of nitrogens with zero attached hydrogens (tertiary/aromatic N) is 3. The zero-order valence-corrected chi connectivity index (χ0v) is 11.2. The van der Waals surface area contributed by atoms with Crippen molar-refractivity contribution in [3.8, 4) is 0 Å². The molecule has 0 aromatic carbocycles. The van der Waals surface area contributed by atoms with E-state index in [1.165, 1.54) is 6.42 Å². The number of anilines is 1. The third-order valence-corrected chi connectivity index (χ3v) is 3.85. The van der Waals surface area contributed by atoms with E-state index in [9.17, 15) is 5.11 Å². The molecule has 2 aromatic rings. The number of pyridine rings is 1. The van der Waals surface area contributed by atoms with Crippen molar-refractivity contribution in [2.75, 3.05) is 5.32 Å². The van der Waals surface area contributed by atoms with Crippen LogP contribution in [0.1, 0.15) is 37.7 Å². The average molecular weight is 260 g/mol. The molecule has 2 N–H and O–H groups in total. The molecule has 0 saturated heterocycles. The van der Waals surface area contributed by atoms with Crippen LogP contribution in [-0.4, -0.2) is 31.9 Å². The van der Waals surface area contributed by atoms with Gasteiger partial charge in [-0.15, -0.1) is 5.10 Å². The highest BCUT2D eigenvalue weighted by Crippen LogP contribution is 2.21. The molecule has 2 heterocycles. The summed E-state index contributed by atoms with van der Waals surface area (Å²) in [5.74, 6) is 0.611. The van der Waals surface area contributed by atoms with Gasteiger partial charge in [-0.05, 0) is 31.4 Å². The van der Waals surface area contributed by atoms with Crippen LogP contribution in [0.15, 0.2) is 18.3 Å². The Balaban J connectivity index is 1.82. The molecule has 0 radical (unpaired) electrons. The summed E-state index contributed by atoms with van der Waals surface area (Å²) in [7, 11) is 0. The molecule has 1 aliphatic rings. The Morgan fingerprint density at radius 2 is 2.16 bits per heavy atom. The second-order valence-corrected chi connectivity index (χ2v) is 5.35. The van der Waals surface area contributed by atoms with Crippen LogP contribution in [0.4, 0.5) is 5.95 Å². The standard InChI is InChI=1S/C14H20N4O/c1-10-6-5-9-18-13(10)16-14(17-18)15-11-7-3-2-4-8-12(11)19/h5-6,9,11-12,19H,2-4,7-8H2,1H3,(H,15,17). The van der Waals surface area contributed by atoms with Gasteiger partial charge >= 0.3 is 0 Å². The van der Waals surface area contributed by atoms with Crippen molar-refractivity contribution < 1.29 is 5.11 Å². The van der Waals surface area contributed by atoms with E-state index in [1.807, 2.05) is 25.3 Å². The molecule has 2 unspecified atom stereocenters. The van der Waals surface area contributed by atoms with Gasteiger partial charge in [-0.25, -0.2) is 4.52 Å². The van der Waals surface area contributed by atoms with E-state index >= 15 is 0 Å². The lowest BCUT2D eigenvalue weighted by molar-refractivity contribution is 0.144. The fourth-order valence-electron chi connectivity index (χ4n) is 2.72. The Bertz CT molecular complexity index is 566. The Kier molecular flexibility index (Phi) is 3.38. The molecule has 5 nitrogen and oxygen atoms in total. The first-order chi connectivity index (χ1) is 9.24. The van der Waals surface area contributed by atoms with Crippen LogP contribution in [0.5, 0.6) is 0 Å². The Morgan fingerprint density at radius 1 is 1.32 bits per heavy atom. The second kappa shape index (κ2) is 5.17. The fourth-order valence-corrected chi connectivity index (χ4v) is 2.72. The zero-order valence-electron chi connectivity index (χ0n) is 11.2. The summed E-state index contributed by atoms with van der Waals surface area (Å²) in [6, 6.07) is 4.05. The zero-order chi connectivity index (χ0) is 13.2. The predicted octanol–water partition coefficient (Wildman–Crippen LogP) is 2.14. The summed E-state index contributed by atoms with van der Waals surface area (Å²) in [5, 5.41) is 17.8. The summed E-state index contributed by atoms with van der Waals surface area (Å²) in [4.78, 5) is 4.50. The first-order valence-corrected chi connectivity index (χ1v) is 7.00. The van der Waals surface area contributed by atoms with Crippen molar-refractivity contribution >= 4 is 11.6 Å². The SMILES string of the molecule is Cc1cccn2nc(NC3CCCCCC3O)nc12. The molecule has 102 valence electrons. The monoisotopic (exact) mass is 260 g/mol. The van der Waals surface area contributed by atoms with E-state index in [2.05, 4.69) is 15.4 Å². The molecule has 0 amide bonds. The number of fused-ring (bicyclic) bond motifs is 1. The second-order valence-electron chi connectivity index (χ2n) is 5.35. The highest BCUT2D eigenvalue weighted by molar-refractivity contribution is 5.50. The lowest BCUT2D eigenvalue weighted by Gasteiger charge is -2.20. The quantitative estimate of drug-likeness (QED) is 0.812. The lowest BCUT2D eigenvalue weighted by atomic mass is 10.1. The van der Waals surface area contributed by atoms with E-state index in [0.717, 1.165) is 36.9 Å². The fraction of sp³-hybridized carbons (Fsp3) is 0.571. The van der Waals surface area contributed by atoms with Gasteiger partial charge < -0.3 is 10.4 Å². The highest BCUT2D eigenvalue weighted by atomic mass is 16.3. The molecule has 2 aromatic heterocycles. The Labute approximate surface area is 112 Å². The average Bonchev–Trinajstić information content (AvgIpc) is 2.70. The minimum absolute atomic E-state index is 0.0696. The third-order valence-electron chi connectivity index (χ3n) is 3.85. The molecule has 2 atom stereocenters. The Hall–Kier alpha value is -1.62. The molecule has 19 heavy (non-hydrogen) atoms. The maximum absolute atomic E-state index is 10.1. The molecule has 0 spiro atoms. The normalized spacial score (nSPS) is 24.3. The van der Waals surface area contributed by atoms with Crippen LogP contribution >= 0.6 is 0 Å². The molecular weight excluding hydrogens is 240 g/mol. The molecule has 3 rings (SSSR count). The van der Waals surface area contributed by atoms with Gasteiger partial charge in [0, 0.05) is 6.20 Å². The van der Waals surface area contributed by atoms with Gasteiger partial charge in [-0.3, -0.25) is 0 Å². The van der Waals surface area contributed by atoms with Gasteiger partial charge in [0.1, 0.15) is 0 Å². The van der Waals surface area contributed by atoms with Crippen molar-refractivity contribution in [1.82, 2.24) is 14.6 Å². The number of rotatable bonds is 2.